The highest BCUT2D eigenvalue weighted by molar-refractivity contribution is 5.83. The number of hydrogen-bond donors (Lipinski definition) is 5. The number of carbonyl (C=O) groups is 2. The van der Waals surface area contributed by atoms with Crippen molar-refractivity contribution in [3.8, 4) is 11.5 Å². The van der Waals surface area contributed by atoms with Crippen molar-refractivity contribution in [3.05, 3.63) is 23.8 Å². The number of benzene rings is 1. The van der Waals surface area contributed by atoms with Crippen LogP contribution in [0.5, 0.6) is 11.5 Å². The van der Waals surface area contributed by atoms with E-state index < -0.39 is 23.5 Å². The standard InChI is InChI=1S/C27H47N3O5.C2H6/c1-16(2)19(11-18-9-10-24(35-8)23(32)12-18)13-21(28)22(31)14-20(17(3)4)25(33)30-15-27(5,6)26(34)29-7;1-2/h9-10,12,16-17,19-22,31-32H,11,13-15,28H2,1-8H3,(H,29,34)(H,30,33);1-2H3/t19-,20-,21-,22-;/m0./s1. The van der Waals surface area contributed by atoms with Crippen LogP contribution in [0.1, 0.15) is 73.8 Å². The SMILES string of the molecule is CC.CNC(=O)C(C)(C)CNC(=O)[C@@H](C[C@H](O)[C@@H](N)C[C@H](Cc1ccc(OC)c(O)c1)C(C)C)C(C)C. The molecule has 0 aliphatic carbocycles. The monoisotopic (exact) mass is 523 g/mol. The van der Waals surface area contributed by atoms with E-state index in [0.29, 0.717) is 24.5 Å². The fourth-order valence-electron chi connectivity index (χ4n) is 4.24. The number of ether oxygens (including phenoxy) is 1. The van der Waals surface area contributed by atoms with Crippen molar-refractivity contribution in [2.24, 2.45) is 34.8 Å². The van der Waals surface area contributed by atoms with E-state index in [1.807, 2.05) is 33.8 Å². The predicted molar refractivity (Wildman–Crippen MR) is 150 cm³/mol. The lowest BCUT2D eigenvalue weighted by molar-refractivity contribution is -0.131. The summed E-state index contributed by atoms with van der Waals surface area (Å²) in [5.41, 5.74) is 6.67. The van der Waals surface area contributed by atoms with Gasteiger partial charge in [0.2, 0.25) is 11.8 Å². The summed E-state index contributed by atoms with van der Waals surface area (Å²) in [7, 11) is 3.09. The van der Waals surface area contributed by atoms with Crippen LogP contribution >= 0.6 is 0 Å². The summed E-state index contributed by atoms with van der Waals surface area (Å²) < 4.78 is 5.12. The van der Waals surface area contributed by atoms with Crippen molar-refractivity contribution in [2.45, 2.75) is 86.8 Å². The molecular formula is C29H53N3O5. The molecule has 0 saturated carbocycles. The number of carbonyl (C=O) groups excluding carboxylic acids is 2. The van der Waals surface area contributed by atoms with Crippen molar-refractivity contribution in [3.63, 3.8) is 0 Å². The average molecular weight is 524 g/mol. The van der Waals surface area contributed by atoms with Crippen LogP contribution in [0.2, 0.25) is 0 Å². The average Bonchev–Trinajstić information content (AvgIpc) is 2.85. The Morgan fingerprint density at radius 2 is 1.68 bits per heavy atom. The van der Waals surface area contributed by atoms with E-state index in [-0.39, 0.29) is 42.4 Å². The lowest BCUT2D eigenvalue weighted by Crippen LogP contribution is -2.47. The quantitative estimate of drug-likeness (QED) is 0.251. The van der Waals surface area contributed by atoms with Crippen LogP contribution in [0, 0.1) is 29.1 Å². The molecule has 0 radical (unpaired) electrons. The number of phenolic OH excluding ortho intramolecular Hbond substituents is 1. The van der Waals surface area contributed by atoms with E-state index in [2.05, 4.69) is 24.5 Å². The summed E-state index contributed by atoms with van der Waals surface area (Å²) in [6.07, 6.45) is 0.699. The number of nitrogens with one attached hydrogen (secondary N) is 2. The third kappa shape index (κ3) is 11.3. The molecule has 8 heteroatoms. The molecule has 0 spiro atoms. The number of aliphatic hydroxyl groups excluding tert-OH is 1. The Kier molecular flexibility index (Phi) is 15.5. The summed E-state index contributed by atoms with van der Waals surface area (Å²) in [5, 5.41) is 26.5. The van der Waals surface area contributed by atoms with Gasteiger partial charge >= 0.3 is 0 Å². The molecule has 1 rings (SSSR count). The molecule has 2 amide bonds. The summed E-state index contributed by atoms with van der Waals surface area (Å²) >= 11 is 0. The van der Waals surface area contributed by atoms with Crippen molar-refractivity contribution >= 4 is 11.8 Å². The molecule has 6 N–H and O–H groups in total. The smallest absolute Gasteiger partial charge is 0.227 e. The Hall–Kier alpha value is -2.32. The van der Waals surface area contributed by atoms with Crippen molar-refractivity contribution in [1.29, 1.82) is 0 Å². The van der Waals surface area contributed by atoms with Gasteiger partial charge in [0.05, 0.1) is 18.6 Å². The zero-order chi connectivity index (χ0) is 28.9. The molecule has 1 aromatic carbocycles. The number of nitrogens with two attached hydrogens (primary N) is 1. The molecule has 4 atom stereocenters. The van der Waals surface area contributed by atoms with Crippen LogP contribution in [0.4, 0.5) is 0 Å². The van der Waals surface area contributed by atoms with E-state index >= 15 is 0 Å². The molecular weight excluding hydrogens is 470 g/mol. The van der Waals surface area contributed by atoms with Gasteiger partial charge in [-0.15, -0.1) is 0 Å². The number of aliphatic hydroxyl groups is 1. The summed E-state index contributed by atoms with van der Waals surface area (Å²) in [6, 6.07) is 4.88. The van der Waals surface area contributed by atoms with Gasteiger partial charge in [0.15, 0.2) is 11.5 Å². The molecule has 0 aliphatic rings. The second-order valence-corrected chi connectivity index (χ2v) is 10.9. The maximum absolute atomic E-state index is 12.9. The van der Waals surface area contributed by atoms with Crippen LogP contribution in [0.15, 0.2) is 18.2 Å². The topological polar surface area (TPSA) is 134 Å². The Labute approximate surface area is 224 Å². The van der Waals surface area contributed by atoms with Gasteiger partial charge in [-0.25, -0.2) is 0 Å². The number of aromatic hydroxyl groups is 1. The van der Waals surface area contributed by atoms with Crippen molar-refractivity contribution < 1.29 is 24.5 Å². The lowest BCUT2D eigenvalue weighted by atomic mass is 9.80. The van der Waals surface area contributed by atoms with Crippen LogP contribution < -0.4 is 21.1 Å². The van der Waals surface area contributed by atoms with E-state index in [1.54, 1.807) is 33.0 Å². The van der Waals surface area contributed by atoms with Gasteiger partial charge in [-0.05, 0) is 68.6 Å². The zero-order valence-corrected chi connectivity index (χ0v) is 24.7. The van der Waals surface area contributed by atoms with Crippen molar-refractivity contribution in [1.82, 2.24) is 10.6 Å². The molecule has 0 unspecified atom stereocenters. The van der Waals surface area contributed by atoms with Crippen LogP contribution in [0.3, 0.4) is 0 Å². The zero-order valence-electron chi connectivity index (χ0n) is 24.7. The Morgan fingerprint density at radius 3 is 2.14 bits per heavy atom. The van der Waals surface area contributed by atoms with Gasteiger partial charge in [0.25, 0.3) is 0 Å². The third-order valence-electron chi connectivity index (χ3n) is 6.94. The Morgan fingerprint density at radius 1 is 1.08 bits per heavy atom. The Balaban J connectivity index is 0.00000631. The van der Waals surface area contributed by atoms with Gasteiger partial charge in [-0.1, -0.05) is 47.6 Å². The largest absolute Gasteiger partial charge is 0.504 e. The van der Waals surface area contributed by atoms with Gasteiger partial charge in [-0.2, -0.15) is 0 Å². The second-order valence-electron chi connectivity index (χ2n) is 10.9. The summed E-state index contributed by atoms with van der Waals surface area (Å²) in [6.45, 7) is 15.9. The molecule has 8 nitrogen and oxygen atoms in total. The maximum Gasteiger partial charge on any atom is 0.227 e. The van der Waals surface area contributed by atoms with Crippen molar-refractivity contribution in [2.75, 3.05) is 20.7 Å². The molecule has 37 heavy (non-hydrogen) atoms. The number of methoxy groups -OCH3 is 1. The first kappa shape index (κ1) is 34.7. The fourth-order valence-corrected chi connectivity index (χ4v) is 4.24. The van der Waals surface area contributed by atoms with E-state index in [4.69, 9.17) is 10.5 Å². The predicted octanol–water partition coefficient (Wildman–Crippen LogP) is 3.87. The first-order valence-electron chi connectivity index (χ1n) is 13.5. The third-order valence-corrected chi connectivity index (χ3v) is 6.94. The highest BCUT2D eigenvalue weighted by Gasteiger charge is 2.32. The molecule has 0 saturated heterocycles. The van der Waals surface area contributed by atoms with E-state index in [1.165, 1.54) is 7.11 Å². The first-order valence-corrected chi connectivity index (χ1v) is 13.5. The van der Waals surface area contributed by atoms with Crippen LogP contribution in [-0.4, -0.2) is 54.9 Å². The summed E-state index contributed by atoms with van der Waals surface area (Å²) in [5.74, 6) is 0.278. The molecule has 0 bridgehead atoms. The van der Waals surface area contributed by atoms with Gasteiger partial charge < -0.3 is 31.3 Å². The minimum Gasteiger partial charge on any atom is -0.504 e. The highest BCUT2D eigenvalue weighted by Crippen LogP contribution is 2.30. The van der Waals surface area contributed by atoms with Gasteiger partial charge in [0.1, 0.15) is 0 Å². The van der Waals surface area contributed by atoms with Gasteiger partial charge in [0, 0.05) is 25.6 Å². The highest BCUT2D eigenvalue weighted by atomic mass is 16.5. The molecule has 214 valence electrons. The molecule has 0 aliphatic heterocycles. The number of phenols is 1. The Bertz CT molecular complexity index is 826. The van der Waals surface area contributed by atoms with Crippen LogP contribution in [-0.2, 0) is 16.0 Å². The minimum atomic E-state index is -0.842. The summed E-state index contributed by atoms with van der Waals surface area (Å²) in [4.78, 5) is 24.9. The number of rotatable bonds is 14. The second kappa shape index (κ2) is 16.5. The fraction of sp³-hybridized carbons (Fsp3) is 0.724. The molecule has 0 aromatic heterocycles. The van der Waals surface area contributed by atoms with Gasteiger partial charge in [-0.3, -0.25) is 9.59 Å². The normalized spacial score (nSPS) is 14.8. The number of hydrogen-bond acceptors (Lipinski definition) is 6. The first-order chi connectivity index (χ1) is 17.2. The van der Waals surface area contributed by atoms with Crippen LogP contribution in [0.25, 0.3) is 0 Å². The number of amides is 2. The lowest BCUT2D eigenvalue weighted by Gasteiger charge is -2.30. The molecule has 1 aromatic rings. The molecule has 0 heterocycles. The van der Waals surface area contributed by atoms with E-state index in [9.17, 15) is 19.8 Å². The minimum absolute atomic E-state index is 0.00290. The molecule has 0 fully saturated rings. The van der Waals surface area contributed by atoms with E-state index in [0.717, 1.165) is 5.56 Å². The maximum atomic E-state index is 12.9.